The third kappa shape index (κ3) is 4.13. The van der Waals surface area contributed by atoms with Crippen LogP contribution in [0.3, 0.4) is 0 Å². The summed E-state index contributed by atoms with van der Waals surface area (Å²) >= 11 is 0. The van der Waals surface area contributed by atoms with Crippen molar-refractivity contribution < 1.29 is 18.7 Å². The van der Waals surface area contributed by atoms with Gasteiger partial charge < -0.3 is 24.1 Å². The fraction of sp³-hybridized carbons (Fsp3) is 0.467. The van der Waals surface area contributed by atoms with Crippen LogP contribution in [0.25, 0.3) is 0 Å². The Morgan fingerprint density at radius 3 is 2.78 bits per heavy atom. The number of hydrogen-bond donors (Lipinski definition) is 1. The van der Waals surface area contributed by atoms with Crippen LogP contribution in [0.5, 0.6) is 11.5 Å². The lowest BCUT2D eigenvalue weighted by Crippen LogP contribution is -2.33. The summed E-state index contributed by atoms with van der Waals surface area (Å²) in [6.45, 7) is 2.19. The molecule has 3 rings (SSSR count). The van der Waals surface area contributed by atoms with Gasteiger partial charge in [-0.15, -0.1) is 12.4 Å². The van der Waals surface area contributed by atoms with Crippen LogP contribution in [0.4, 0.5) is 0 Å². The van der Waals surface area contributed by atoms with E-state index in [0.29, 0.717) is 42.8 Å². The van der Waals surface area contributed by atoms with Crippen LogP contribution in [0.15, 0.2) is 22.7 Å². The molecule has 0 bridgehead atoms. The standard InChI is InChI=1S/C15H19N3O4.ClH/c1-19-11-4-3-10(7-12(11)20-2)8-14-17-15(22-18-14)13-9-16-5-6-21-13;/h3-4,7,13,16H,5-6,8-9H2,1-2H3;1H. The lowest BCUT2D eigenvalue weighted by atomic mass is 10.1. The van der Waals surface area contributed by atoms with Gasteiger partial charge in [0.05, 0.1) is 20.8 Å². The van der Waals surface area contributed by atoms with Gasteiger partial charge in [-0.05, 0) is 17.7 Å². The van der Waals surface area contributed by atoms with Gasteiger partial charge in [0.2, 0.25) is 0 Å². The van der Waals surface area contributed by atoms with Crippen LogP contribution in [0.1, 0.15) is 23.4 Å². The van der Waals surface area contributed by atoms with Crippen LogP contribution in [-0.4, -0.2) is 44.1 Å². The van der Waals surface area contributed by atoms with Crippen molar-refractivity contribution in [2.75, 3.05) is 33.9 Å². The number of halogens is 1. The Morgan fingerprint density at radius 1 is 1.26 bits per heavy atom. The summed E-state index contributed by atoms with van der Waals surface area (Å²) in [6, 6.07) is 5.73. The highest BCUT2D eigenvalue weighted by atomic mass is 35.5. The van der Waals surface area contributed by atoms with E-state index in [0.717, 1.165) is 12.1 Å². The molecule has 1 saturated heterocycles. The largest absolute Gasteiger partial charge is 0.493 e. The predicted molar refractivity (Wildman–Crippen MR) is 85.5 cm³/mol. The molecule has 126 valence electrons. The molecular formula is C15H20ClN3O4. The molecule has 1 aromatic heterocycles. The average Bonchev–Trinajstić information content (AvgIpc) is 3.04. The van der Waals surface area contributed by atoms with Crippen molar-refractivity contribution in [2.45, 2.75) is 12.5 Å². The van der Waals surface area contributed by atoms with Crippen molar-refractivity contribution in [1.29, 1.82) is 0 Å². The van der Waals surface area contributed by atoms with Gasteiger partial charge in [-0.1, -0.05) is 11.2 Å². The Morgan fingerprint density at radius 2 is 2.09 bits per heavy atom. The van der Waals surface area contributed by atoms with Gasteiger partial charge in [0.25, 0.3) is 5.89 Å². The predicted octanol–water partition coefficient (Wildman–Crippen LogP) is 1.76. The molecule has 23 heavy (non-hydrogen) atoms. The Balaban J connectivity index is 0.00000192. The molecule has 1 atom stereocenters. The summed E-state index contributed by atoms with van der Waals surface area (Å²) in [4.78, 5) is 4.41. The maximum absolute atomic E-state index is 5.60. The number of aromatic nitrogens is 2. The molecule has 8 heteroatoms. The minimum atomic E-state index is -0.166. The molecule has 1 fully saturated rings. The van der Waals surface area contributed by atoms with Crippen molar-refractivity contribution in [2.24, 2.45) is 0 Å². The van der Waals surface area contributed by atoms with Gasteiger partial charge in [-0.2, -0.15) is 4.98 Å². The number of morpholine rings is 1. The number of ether oxygens (including phenoxy) is 3. The first-order chi connectivity index (χ1) is 10.8. The summed E-state index contributed by atoms with van der Waals surface area (Å²) in [5.41, 5.74) is 1.02. The number of nitrogens with zero attached hydrogens (tertiary/aromatic N) is 2. The fourth-order valence-electron chi connectivity index (χ4n) is 2.37. The first-order valence-electron chi connectivity index (χ1n) is 7.16. The van der Waals surface area contributed by atoms with E-state index < -0.39 is 0 Å². The zero-order chi connectivity index (χ0) is 15.4. The minimum Gasteiger partial charge on any atom is -0.493 e. The van der Waals surface area contributed by atoms with Crippen molar-refractivity contribution in [3.05, 3.63) is 35.5 Å². The SMILES string of the molecule is COc1ccc(Cc2noc(C3CNCCO3)n2)cc1OC.Cl. The maximum atomic E-state index is 5.60. The van der Waals surface area contributed by atoms with Crippen molar-refractivity contribution in [3.8, 4) is 11.5 Å². The monoisotopic (exact) mass is 341 g/mol. The van der Waals surface area contributed by atoms with Crippen LogP contribution in [0.2, 0.25) is 0 Å². The molecule has 1 N–H and O–H groups in total. The highest BCUT2D eigenvalue weighted by Crippen LogP contribution is 2.28. The van der Waals surface area contributed by atoms with E-state index in [1.165, 1.54) is 0 Å². The van der Waals surface area contributed by atoms with E-state index in [1.54, 1.807) is 14.2 Å². The topological polar surface area (TPSA) is 78.6 Å². The van der Waals surface area contributed by atoms with Crippen LogP contribution < -0.4 is 14.8 Å². The second-order valence-electron chi connectivity index (χ2n) is 4.98. The normalized spacial score (nSPS) is 17.4. The summed E-state index contributed by atoms with van der Waals surface area (Å²) < 4.78 is 21.4. The van der Waals surface area contributed by atoms with E-state index in [9.17, 15) is 0 Å². The Kier molecular flexibility index (Phi) is 6.20. The smallest absolute Gasteiger partial charge is 0.257 e. The second kappa shape index (κ2) is 8.14. The average molecular weight is 342 g/mol. The minimum absolute atomic E-state index is 0. The third-order valence-corrected chi connectivity index (χ3v) is 3.50. The quantitative estimate of drug-likeness (QED) is 0.887. The Hall–Kier alpha value is -1.83. The molecule has 2 aromatic rings. The molecule has 1 aliphatic heterocycles. The highest BCUT2D eigenvalue weighted by molar-refractivity contribution is 5.85. The summed E-state index contributed by atoms with van der Waals surface area (Å²) in [7, 11) is 3.22. The van der Waals surface area contributed by atoms with Crippen LogP contribution >= 0.6 is 12.4 Å². The van der Waals surface area contributed by atoms with E-state index in [-0.39, 0.29) is 18.5 Å². The number of hydrogen-bond acceptors (Lipinski definition) is 7. The molecule has 1 aromatic carbocycles. The molecule has 2 heterocycles. The Labute approximate surface area is 140 Å². The van der Waals surface area contributed by atoms with Crippen LogP contribution in [0, 0.1) is 0 Å². The maximum Gasteiger partial charge on any atom is 0.257 e. The number of nitrogens with one attached hydrogen (secondary N) is 1. The first kappa shape index (κ1) is 17.5. The zero-order valence-corrected chi connectivity index (χ0v) is 13.9. The van der Waals surface area contributed by atoms with Gasteiger partial charge in [0, 0.05) is 19.5 Å². The first-order valence-corrected chi connectivity index (χ1v) is 7.16. The van der Waals surface area contributed by atoms with Crippen molar-refractivity contribution in [3.63, 3.8) is 0 Å². The molecule has 0 amide bonds. The van der Waals surface area contributed by atoms with Gasteiger partial charge in [0.15, 0.2) is 17.3 Å². The lowest BCUT2D eigenvalue weighted by Gasteiger charge is -2.19. The number of rotatable bonds is 5. The van der Waals surface area contributed by atoms with E-state index in [1.807, 2.05) is 18.2 Å². The summed E-state index contributed by atoms with van der Waals surface area (Å²) in [5.74, 6) is 2.52. The van der Waals surface area contributed by atoms with Crippen molar-refractivity contribution >= 4 is 12.4 Å². The third-order valence-electron chi connectivity index (χ3n) is 3.50. The number of benzene rings is 1. The molecule has 1 unspecified atom stereocenters. The summed E-state index contributed by atoms with van der Waals surface area (Å²) in [5, 5.41) is 7.26. The molecule has 0 spiro atoms. The van der Waals surface area contributed by atoms with E-state index >= 15 is 0 Å². The molecule has 0 saturated carbocycles. The molecule has 0 aliphatic carbocycles. The molecular weight excluding hydrogens is 322 g/mol. The van der Waals surface area contributed by atoms with Gasteiger partial charge in [-0.25, -0.2) is 0 Å². The van der Waals surface area contributed by atoms with E-state index in [4.69, 9.17) is 18.7 Å². The van der Waals surface area contributed by atoms with E-state index in [2.05, 4.69) is 15.5 Å². The highest BCUT2D eigenvalue weighted by Gasteiger charge is 2.22. The van der Waals surface area contributed by atoms with Gasteiger partial charge in [0.1, 0.15) is 6.10 Å². The lowest BCUT2D eigenvalue weighted by molar-refractivity contribution is 0.00755. The van der Waals surface area contributed by atoms with Gasteiger partial charge >= 0.3 is 0 Å². The van der Waals surface area contributed by atoms with Crippen LogP contribution in [-0.2, 0) is 11.2 Å². The second-order valence-corrected chi connectivity index (χ2v) is 4.98. The molecule has 7 nitrogen and oxygen atoms in total. The van der Waals surface area contributed by atoms with Crippen molar-refractivity contribution in [1.82, 2.24) is 15.5 Å². The molecule has 0 radical (unpaired) electrons. The fourth-order valence-corrected chi connectivity index (χ4v) is 2.37. The zero-order valence-electron chi connectivity index (χ0n) is 13.1. The number of methoxy groups -OCH3 is 2. The molecule has 1 aliphatic rings. The Bertz CT molecular complexity index is 629. The van der Waals surface area contributed by atoms with Gasteiger partial charge in [-0.3, -0.25) is 0 Å². The summed E-state index contributed by atoms with van der Waals surface area (Å²) in [6.07, 6.45) is 0.393.